The molecule has 0 aromatic carbocycles. The second-order valence-corrected chi connectivity index (χ2v) is 9.89. The molecule has 0 aliphatic carbocycles. The second-order valence-electron chi connectivity index (χ2n) is 8.70. The minimum Gasteiger partial charge on any atom is -0.420 e. The van der Waals surface area contributed by atoms with Crippen molar-refractivity contribution in [2.24, 2.45) is 0 Å². The van der Waals surface area contributed by atoms with Gasteiger partial charge in [-0.2, -0.15) is 0 Å². The molecule has 0 rings (SSSR count). The van der Waals surface area contributed by atoms with Crippen LogP contribution in [0.15, 0.2) is 0 Å². The molecule has 0 bridgehead atoms. The minimum absolute atomic E-state index is 0.438. The van der Waals surface area contributed by atoms with Crippen LogP contribution in [0.2, 0.25) is 0 Å². The molecule has 0 amide bonds. The number of hydrogen-bond acceptors (Lipinski definition) is 4. The van der Waals surface area contributed by atoms with Crippen LogP contribution >= 0.6 is 0 Å². The van der Waals surface area contributed by atoms with Gasteiger partial charge in [0.15, 0.2) is 9.76 Å². The standard InChI is InChI=1S/C24H55N3OSi/c1-7-14-24(6)28-29-23-27(21-12-19-25(15-8-2)16-9-3)22-13-20-26(17-10-4)18-11-5/h24H,7-23,29H2,1-6H3. The van der Waals surface area contributed by atoms with Crippen molar-refractivity contribution in [1.82, 2.24) is 14.7 Å². The van der Waals surface area contributed by atoms with Crippen molar-refractivity contribution < 1.29 is 4.43 Å². The van der Waals surface area contributed by atoms with E-state index in [0.717, 1.165) is 0 Å². The maximum Gasteiger partial charge on any atom is 0.175 e. The summed E-state index contributed by atoms with van der Waals surface area (Å²) in [6.07, 6.45) is 11.8. The molecule has 5 heteroatoms. The number of hydrogen-bond donors (Lipinski definition) is 0. The molecule has 176 valence electrons. The molecule has 4 nitrogen and oxygen atoms in total. The van der Waals surface area contributed by atoms with Crippen LogP contribution in [-0.4, -0.2) is 89.1 Å². The predicted octanol–water partition coefficient (Wildman–Crippen LogP) is 4.56. The quantitative estimate of drug-likeness (QED) is 0.235. The van der Waals surface area contributed by atoms with Crippen molar-refractivity contribution in [3.8, 4) is 0 Å². The molecule has 0 saturated carbocycles. The van der Waals surface area contributed by atoms with Gasteiger partial charge in [-0.15, -0.1) is 0 Å². The first kappa shape index (κ1) is 29.1. The van der Waals surface area contributed by atoms with Crippen LogP contribution in [0.25, 0.3) is 0 Å². The smallest absolute Gasteiger partial charge is 0.175 e. The van der Waals surface area contributed by atoms with Crippen molar-refractivity contribution in [1.29, 1.82) is 0 Å². The van der Waals surface area contributed by atoms with Crippen LogP contribution in [0, 0.1) is 0 Å². The summed E-state index contributed by atoms with van der Waals surface area (Å²) in [5, 5.41) is 0. The van der Waals surface area contributed by atoms with Gasteiger partial charge in [0, 0.05) is 12.3 Å². The molecular formula is C24H55N3OSi. The van der Waals surface area contributed by atoms with Gasteiger partial charge in [-0.1, -0.05) is 41.0 Å². The highest BCUT2D eigenvalue weighted by atomic mass is 28.2. The first-order chi connectivity index (χ1) is 14.1. The van der Waals surface area contributed by atoms with E-state index < -0.39 is 9.76 Å². The molecule has 29 heavy (non-hydrogen) atoms. The van der Waals surface area contributed by atoms with E-state index in [9.17, 15) is 0 Å². The highest BCUT2D eigenvalue weighted by Crippen LogP contribution is 2.04. The molecule has 0 spiro atoms. The Labute approximate surface area is 186 Å². The topological polar surface area (TPSA) is 19.0 Å². The largest absolute Gasteiger partial charge is 0.420 e. The molecule has 0 radical (unpaired) electrons. The lowest BCUT2D eigenvalue weighted by Crippen LogP contribution is -2.36. The maximum atomic E-state index is 6.20. The molecule has 0 aromatic heterocycles. The number of nitrogens with zero attached hydrogens (tertiary/aromatic N) is 3. The highest BCUT2D eigenvalue weighted by Gasteiger charge is 2.10. The summed E-state index contributed by atoms with van der Waals surface area (Å²) in [6.45, 7) is 23.7. The lowest BCUT2D eigenvalue weighted by atomic mass is 10.2. The fourth-order valence-corrected chi connectivity index (χ4v) is 5.56. The van der Waals surface area contributed by atoms with Crippen LogP contribution in [0.3, 0.4) is 0 Å². The first-order valence-corrected chi connectivity index (χ1v) is 14.5. The Bertz CT molecular complexity index is 299. The summed E-state index contributed by atoms with van der Waals surface area (Å²) in [6, 6.07) is 0. The molecule has 0 saturated heterocycles. The van der Waals surface area contributed by atoms with Crippen LogP contribution in [0.1, 0.15) is 92.9 Å². The average molecular weight is 430 g/mol. The molecule has 0 aliphatic heterocycles. The van der Waals surface area contributed by atoms with Gasteiger partial charge in [0.05, 0.1) is 0 Å². The van der Waals surface area contributed by atoms with E-state index >= 15 is 0 Å². The van der Waals surface area contributed by atoms with E-state index in [4.69, 9.17) is 4.43 Å². The average Bonchev–Trinajstić information content (AvgIpc) is 2.68. The molecule has 1 atom stereocenters. The molecule has 0 N–H and O–H groups in total. The molecule has 0 aromatic rings. The zero-order valence-electron chi connectivity index (χ0n) is 21.1. The summed E-state index contributed by atoms with van der Waals surface area (Å²) >= 11 is 0. The SMILES string of the molecule is CCCC(C)O[SiH2]CN(CCCN(CCC)CCC)CCCN(CCC)CCC. The minimum atomic E-state index is -0.438. The molecule has 0 heterocycles. The normalized spacial score (nSPS) is 13.6. The lowest BCUT2D eigenvalue weighted by molar-refractivity contribution is 0.196. The van der Waals surface area contributed by atoms with Crippen molar-refractivity contribution >= 4 is 9.76 Å². The Hall–Kier alpha value is 0.0569. The molecular weight excluding hydrogens is 374 g/mol. The third kappa shape index (κ3) is 17.4. The molecule has 0 aliphatic rings. The Morgan fingerprint density at radius 2 is 1.00 bits per heavy atom. The van der Waals surface area contributed by atoms with Crippen molar-refractivity contribution in [3.63, 3.8) is 0 Å². The molecule has 0 fully saturated rings. The van der Waals surface area contributed by atoms with Crippen LogP contribution in [0.4, 0.5) is 0 Å². The zero-order chi connectivity index (χ0) is 21.7. The Kier molecular flexibility index (Phi) is 21.3. The van der Waals surface area contributed by atoms with Crippen molar-refractivity contribution in [2.45, 2.75) is 99.0 Å². The summed E-state index contributed by atoms with van der Waals surface area (Å²) in [5.41, 5.74) is 0. The van der Waals surface area contributed by atoms with E-state index in [2.05, 4.69) is 56.2 Å². The van der Waals surface area contributed by atoms with Gasteiger partial charge in [-0.3, -0.25) is 0 Å². The van der Waals surface area contributed by atoms with Gasteiger partial charge < -0.3 is 19.1 Å². The summed E-state index contributed by atoms with van der Waals surface area (Å²) in [4.78, 5) is 8.02. The summed E-state index contributed by atoms with van der Waals surface area (Å²) in [5.74, 6) is 0. The van der Waals surface area contributed by atoms with Gasteiger partial charge in [0.2, 0.25) is 0 Å². The third-order valence-electron chi connectivity index (χ3n) is 5.56. The summed E-state index contributed by atoms with van der Waals surface area (Å²) < 4.78 is 6.20. The third-order valence-corrected chi connectivity index (χ3v) is 7.18. The van der Waals surface area contributed by atoms with Crippen LogP contribution < -0.4 is 0 Å². The Balaban J connectivity index is 4.42. The predicted molar refractivity (Wildman–Crippen MR) is 134 cm³/mol. The summed E-state index contributed by atoms with van der Waals surface area (Å²) in [7, 11) is -0.438. The van der Waals surface area contributed by atoms with Gasteiger partial charge in [-0.05, 0) is 104 Å². The van der Waals surface area contributed by atoms with Gasteiger partial charge >= 0.3 is 0 Å². The Morgan fingerprint density at radius 1 is 0.586 bits per heavy atom. The van der Waals surface area contributed by atoms with Crippen molar-refractivity contribution in [3.05, 3.63) is 0 Å². The number of rotatable bonds is 22. The van der Waals surface area contributed by atoms with E-state index in [0.29, 0.717) is 6.10 Å². The molecule has 1 unspecified atom stereocenters. The lowest BCUT2D eigenvalue weighted by Gasteiger charge is -2.27. The zero-order valence-corrected chi connectivity index (χ0v) is 22.5. The second kappa shape index (κ2) is 21.3. The highest BCUT2D eigenvalue weighted by molar-refractivity contribution is 6.27. The van der Waals surface area contributed by atoms with Gasteiger partial charge in [0.1, 0.15) is 0 Å². The Morgan fingerprint density at radius 3 is 1.38 bits per heavy atom. The van der Waals surface area contributed by atoms with Gasteiger partial charge in [0.25, 0.3) is 0 Å². The first-order valence-electron chi connectivity index (χ1n) is 12.9. The van der Waals surface area contributed by atoms with E-state index in [1.54, 1.807) is 0 Å². The van der Waals surface area contributed by atoms with E-state index in [-0.39, 0.29) is 0 Å². The van der Waals surface area contributed by atoms with E-state index in [1.165, 1.54) is 110 Å². The van der Waals surface area contributed by atoms with Crippen LogP contribution in [-0.2, 0) is 4.43 Å². The van der Waals surface area contributed by atoms with Gasteiger partial charge in [-0.25, -0.2) is 0 Å². The maximum absolute atomic E-state index is 6.20. The fraction of sp³-hybridized carbons (Fsp3) is 1.00. The van der Waals surface area contributed by atoms with Crippen LogP contribution in [0.5, 0.6) is 0 Å². The monoisotopic (exact) mass is 429 g/mol. The van der Waals surface area contributed by atoms with Crippen molar-refractivity contribution in [2.75, 3.05) is 58.5 Å². The van der Waals surface area contributed by atoms with E-state index in [1.807, 2.05) is 0 Å². The fourth-order valence-electron chi connectivity index (χ4n) is 4.18.